The summed E-state index contributed by atoms with van der Waals surface area (Å²) in [5, 5.41) is 8.66. The highest BCUT2D eigenvalue weighted by molar-refractivity contribution is 9.10. The van der Waals surface area contributed by atoms with Gasteiger partial charge in [-0.2, -0.15) is 5.26 Å². The second-order valence-electron chi connectivity index (χ2n) is 4.71. The number of aromatic nitrogens is 1. The van der Waals surface area contributed by atoms with Gasteiger partial charge in [0.05, 0.1) is 12.5 Å². The first-order valence-corrected chi connectivity index (χ1v) is 6.73. The molecule has 4 nitrogen and oxygen atoms in total. The van der Waals surface area contributed by atoms with Gasteiger partial charge in [0.25, 0.3) is 5.91 Å². The molecule has 0 fully saturated rings. The Morgan fingerprint density at radius 2 is 2.28 bits per heavy atom. The number of nitrogens with zero attached hydrogens (tertiary/aromatic N) is 3. The highest BCUT2D eigenvalue weighted by Gasteiger charge is 2.19. The molecule has 1 amide bonds. The molecule has 0 N–H and O–H groups in total. The first kappa shape index (κ1) is 14.8. The third-order valence-corrected chi connectivity index (χ3v) is 2.99. The Kier molecular flexibility index (Phi) is 5.42. The molecule has 0 aliphatic carbocycles. The summed E-state index contributed by atoms with van der Waals surface area (Å²) >= 11 is 3.36. The van der Waals surface area contributed by atoms with Gasteiger partial charge in [-0.25, -0.2) is 0 Å². The maximum Gasteiger partial charge on any atom is 0.270 e. The minimum absolute atomic E-state index is 0.0212. The van der Waals surface area contributed by atoms with E-state index in [1.165, 1.54) is 0 Å². The molecule has 0 saturated heterocycles. The van der Waals surface area contributed by atoms with Crippen LogP contribution in [0.15, 0.2) is 16.7 Å². The van der Waals surface area contributed by atoms with E-state index in [9.17, 15) is 4.79 Å². The van der Waals surface area contributed by atoms with Gasteiger partial charge in [-0.15, -0.1) is 0 Å². The first-order valence-electron chi connectivity index (χ1n) is 5.93. The van der Waals surface area contributed by atoms with Gasteiger partial charge < -0.3 is 9.47 Å². The molecule has 1 rings (SSSR count). The Labute approximate surface area is 116 Å². The zero-order valence-electron chi connectivity index (χ0n) is 11.0. The molecule has 1 aromatic heterocycles. The van der Waals surface area contributed by atoms with Gasteiger partial charge >= 0.3 is 0 Å². The van der Waals surface area contributed by atoms with Crippen molar-refractivity contribution >= 4 is 21.8 Å². The number of hydrogen-bond acceptors (Lipinski definition) is 2. The van der Waals surface area contributed by atoms with Crippen LogP contribution in [0.5, 0.6) is 0 Å². The third-order valence-electron chi connectivity index (χ3n) is 2.56. The van der Waals surface area contributed by atoms with Crippen molar-refractivity contribution < 1.29 is 4.79 Å². The molecule has 98 valence electrons. The summed E-state index contributed by atoms with van der Waals surface area (Å²) in [4.78, 5) is 14.1. The molecule has 5 heteroatoms. The number of carbonyl (C=O) groups is 1. The number of amides is 1. The van der Waals surface area contributed by atoms with E-state index in [4.69, 9.17) is 5.26 Å². The first-order chi connectivity index (χ1) is 8.45. The summed E-state index contributed by atoms with van der Waals surface area (Å²) in [5.74, 6) is 0.364. The fraction of sp³-hybridized carbons (Fsp3) is 0.538. The zero-order chi connectivity index (χ0) is 13.7. The average Bonchev–Trinajstić information content (AvgIpc) is 2.62. The van der Waals surface area contributed by atoms with Crippen LogP contribution < -0.4 is 0 Å². The van der Waals surface area contributed by atoms with Crippen LogP contribution >= 0.6 is 15.9 Å². The normalized spacial score (nSPS) is 10.4. The largest absolute Gasteiger partial charge is 0.345 e. The molecule has 0 aliphatic rings. The van der Waals surface area contributed by atoms with Gasteiger partial charge in [0.15, 0.2) is 0 Å². The topological polar surface area (TPSA) is 49.0 Å². The van der Waals surface area contributed by atoms with Crippen molar-refractivity contribution in [1.82, 2.24) is 9.47 Å². The van der Waals surface area contributed by atoms with Crippen LogP contribution in [-0.4, -0.2) is 28.5 Å². The van der Waals surface area contributed by atoms with Crippen molar-refractivity contribution in [3.05, 3.63) is 22.4 Å². The van der Waals surface area contributed by atoms with E-state index in [1.807, 2.05) is 19.3 Å². The number of carbonyl (C=O) groups excluding carboxylic acids is 1. The lowest BCUT2D eigenvalue weighted by Crippen LogP contribution is -2.35. The molecule has 1 heterocycles. The van der Waals surface area contributed by atoms with Crippen LogP contribution in [0.2, 0.25) is 0 Å². The maximum atomic E-state index is 12.4. The van der Waals surface area contributed by atoms with E-state index in [0.29, 0.717) is 31.1 Å². The van der Waals surface area contributed by atoms with Crippen LogP contribution in [0.25, 0.3) is 0 Å². The monoisotopic (exact) mass is 311 g/mol. The quantitative estimate of drug-likeness (QED) is 0.839. The van der Waals surface area contributed by atoms with Gasteiger partial charge in [-0.1, -0.05) is 13.8 Å². The SMILES string of the molecule is CC(C)CN(CCC#N)C(=O)c1cc(Br)cn1C. The maximum absolute atomic E-state index is 12.4. The average molecular weight is 312 g/mol. The van der Waals surface area contributed by atoms with Crippen LogP contribution in [0, 0.1) is 17.2 Å². The van der Waals surface area contributed by atoms with Crippen molar-refractivity contribution in [3.8, 4) is 6.07 Å². The molecule has 0 bridgehead atoms. The van der Waals surface area contributed by atoms with E-state index in [2.05, 4.69) is 35.8 Å². The minimum Gasteiger partial charge on any atom is -0.345 e. The molecular formula is C13H18BrN3O. The summed E-state index contributed by atoms with van der Waals surface area (Å²) in [5.41, 5.74) is 0.639. The highest BCUT2D eigenvalue weighted by atomic mass is 79.9. The highest BCUT2D eigenvalue weighted by Crippen LogP contribution is 2.16. The van der Waals surface area contributed by atoms with Crippen molar-refractivity contribution in [2.45, 2.75) is 20.3 Å². The van der Waals surface area contributed by atoms with Crippen LogP contribution in [0.4, 0.5) is 0 Å². The van der Waals surface area contributed by atoms with Crippen LogP contribution in [0.3, 0.4) is 0 Å². The summed E-state index contributed by atoms with van der Waals surface area (Å²) in [7, 11) is 1.84. The second-order valence-corrected chi connectivity index (χ2v) is 5.62. The second kappa shape index (κ2) is 6.60. The summed E-state index contributed by atoms with van der Waals surface area (Å²) < 4.78 is 2.68. The lowest BCUT2D eigenvalue weighted by atomic mass is 10.2. The summed E-state index contributed by atoms with van der Waals surface area (Å²) in [6, 6.07) is 3.90. The van der Waals surface area contributed by atoms with Crippen molar-refractivity contribution in [3.63, 3.8) is 0 Å². The standard InChI is InChI=1S/C13H18BrN3O/c1-10(2)8-17(6-4-5-15)13(18)12-7-11(14)9-16(12)3/h7,9-10H,4,6,8H2,1-3H3. The smallest absolute Gasteiger partial charge is 0.270 e. The Bertz CT molecular complexity index is 459. The fourth-order valence-corrected chi connectivity index (χ4v) is 2.32. The predicted molar refractivity (Wildman–Crippen MR) is 74.1 cm³/mol. The molecule has 0 unspecified atom stereocenters. The molecule has 0 spiro atoms. The van der Waals surface area contributed by atoms with Crippen LogP contribution in [-0.2, 0) is 7.05 Å². The molecule has 18 heavy (non-hydrogen) atoms. The van der Waals surface area contributed by atoms with Crippen LogP contribution in [0.1, 0.15) is 30.8 Å². The number of halogens is 1. The van der Waals surface area contributed by atoms with Gasteiger partial charge in [-0.05, 0) is 27.9 Å². The van der Waals surface area contributed by atoms with E-state index >= 15 is 0 Å². The third kappa shape index (κ3) is 3.88. The predicted octanol–water partition coefficient (Wildman–Crippen LogP) is 2.80. The number of aryl methyl sites for hydroxylation is 1. The number of hydrogen-bond donors (Lipinski definition) is 0. The summed E-state index contributed by atoms with van der Waals surface area (Å²) in [6.45, 7) is 5.28. The van der Waals surface area contributed by atoms with Gasteiger partial charge in [0.2, 0.25) is 0 Å². The lowest BCUT2D eigenvalue weighted by Gasteiger charge is -2.23. The molecule has 0 radical (unpaired) electrons. The molecule has 0 saturated carbocycles. The van der Waals surface area contributed by atoms with Gasteiger partial charge in [0, 0.05) is 30.8 Å². The van der Waals surface area contributed by atoms with Crippen molar-refractivity contribution in [2.75, 3.05) is 13.1 Å². The minimum atomic E-state index is -0.0212. The van der Waals surface area contributed by atoms with Crippen molar-refractivity contribution in [1.29, 1.82) is 5.26 Å². The van der Waals surface area contributed by atoms with E-state index in [-0.39, 0.29) is 5.91 Å². The van der Waals surface area contributed by atoms with E-state index in [1.54, 1.807) is 9.47 Å². The molecule has 1 aromatic rings. The van der Waals surface area contributed by atoms with E-state index in [0.717, 1.165) is 4.47 Å². The fourth-order valence-electron chi connectivity index (χ4n) is 1.80. The lowest BCUT2D eigenvalue weighted by molar-refractivity contribution is 0.0730. The zero-order valence-corrected chi connectivity index (χ0v) is 12.6. The molecule has 0 aromatic carbocycles. The van der Waals surface area contributed by atoms with Gasteiger partial charge in [0.1, 0.15) is 5.69 Å². The van der Waals surface area contributed by atoms with Crippen molar-refractivity contribution in [2.24, 2.45) is 13.0 Å². The number of rotatable bonds is 5. The summed E-state index contributed by atoms with van der Waals surface area (Å²) in [6.07, 6.45) is 2.22. The number of nitriles is 1. The Morgan fingerprint density at radius 3 is 2.72 bits per heavy atom. The molecule has 0 atom stereocenters. The Balaban J connectivity index is 2.88. The van der Waals surface area contributed by atoms with E-state index < -0.39 is 0 Å². The molecule has 0 aliphatic heterocycles. The Hall–Kier alpha value is -1.28. The van der Waals surface area contributed by atoms with Gasteiger partial charge in [-0.3, -0.25) is 4.79 Å². The molecular weight excluding hydrogens is 294 g/mol. The Morgan fingerprint density at radius 1 is 1.61 bits per heavy atom.